The number of anilines is 1. The first-order valence-corrected chi connectivity index (χ1v) is 7.71. The maximum absolute atomic E-state index is 5.28. The first-order valence-electron chi connectivity index (χ1n) is 6.56. The fourth-order valence-corrected chi connectivity index (χ4v) is 3.34. The molecule has 3 nitrogen and oxygen atoms in total. The Kier molecular flexibility index (Phi) is 3.51. The molecule has 2 aromatic rings. The third-order valence-electron chi connectivity index (χ3n) is 3.54. The maximum atomic E-state index is 5.28. The zero-order chi connectivity index (χ0) is 13.2. The lowest BCUT2D eigenvalue weighted by Crippen LogP contribution is -2.33. The number of methoxy groups -OCH3 is 1. The quantitative estimate of drug-likeness (QED) is 0.840. The van der Waals surface area contributed by atoms with E-state index in [-0.39, 0.29) is 0 Å². The SMILES string of the molecule is COc1ccc2nc(N3CCSCC3)cc(C)c2c1. The van der Waals surface area contributed by atoms with Crippen molar-refractivity contribution in [3.8, 4) is 5.75 Å². The van der Waals surface area contributed by atoms with Gasteiger partial charge in [0.15, 0.2) is 0 Å². The van der Waals surface area contributed by atoms with Crippen molar-refractivity contribution in [2.24, 2.45) is 0 Å². The molecule has 1 saturated heterocycles. The van der Waals surface area contributed by atoms with Crippen LogP contribution in [0.3, 0.4) is 0 Å². The smallest absolute Gasteiger partial charge is 0.129 e. The third-order valence-corrected chi connectivity index (χ3v) is 4.49. The Morgan fingerprint density at radius 2 is 2.00 bits per heavy atom. The number of ether oxygens (including phenoxy) is 1. The molecule has 3 rings (SSSR count). The Morgan fingerprint density at radius 3 is 2.74 bits per heavy atom. The van der Waals surface area contributed by atoms with Crippen LogP contribution in [0.1, 0.15) is 5.56 Å². The van der Waals surface area contributed by atoms with Crippen LogP contribution in [0.2, 0.25) is 0 Å². The van der Waals surface area contributed by atoms with Gasteiger partial charge in [-0.1, -0.05) is 0 Å². The van der Waals surface area contributed by atoms with E-state index in [1.54, 1.807) is 7.11 Å². The second kappa shape index (κ2) is 5.29. The van der Waals surface area contributed by atoms with Crippen LogP contribution in [0.15, 0.2) is 24.3 Å². The van der Waals surface area contributed by atoms with Crippen molar-refractivity contribution < 1.29 is 4.74 Å². The topological polar surface area (TPSA) is 25.4 Å². The molecule has 1 fully saturated rings. The number of hydrogen-bond donors (Lipinski definition) is 0. The molecular formula is C15H18N2OS. The zero-order valence-corrected chi connectivity index (χ0v) is 12.2. The minimum Gasteiger partial charge on any atom is -0.497 e. The van der Waals surface area contributed by atoms with Crippen LogP contribution in [0, 0.1) is 6.92 Å². The Balaban J connectivity index is 2.03. The predicted octanol–water partition coefficient (Wildman–Crippen LogP) is 3.11. The summed E-state index contributed by atoms with van der Waals surface area (Å²) in [6, 6.07) is 8.28. The number of thioether (sulfide) groups is 1. The first kappa shape index (κ1) is 12.6. The van der Waals surface area contributed by atoms with Crippen LogP contribution >= 0.6 is 11.8 Å². The van der Waals surface area contributed by atoms with E-state index in [0.29, 0.717) is 0 Å². The largest absolute Gasteiger partial charge is 0.497 e. The molecule has 0 aliphatic carbocycles. The van der Waals surface area contributed by atoms with Crippen molar-refractivity contribution in [3.63, 3.8) is 0 Å². The second-order valence-corrected chi connectivity index (χ2v) is 6.00. The standard InChI is InChI=1S/C15H18N2OS/c1-11-9-15(17-5-7-19-8-6-17)16-14-4-3-12(18-2)10-13(11)14/h3-4,9-10H,5-8H2,1-2H3. The summed E-state index contributed by atoms with van der Waals surface area (Å²) in [5.41, 5.74) is 2.31. The summed E-state index contributed by atoms with van der Waals surface area (Å²) < 4.78 is 5.28. The summed E-state index contributed by atoms with van der Waals surface area (Å²) in [5.74, 6) is 4.39. The van der Waals surface area contributed by atoms with Crippen molar-refractivity contribution in [2.45, 2.75) is 6.92 Å². The van der Waals surface area contributed by atoms with Gasteiger partial charge in [0.2, 0.25) is 0 Å². The van der Waals surface area contributed by atoms with Gasteiger partial charge in [-0.25, -0.2) is 4.98 Å². The molecule has 0 spiro atoms. The van der Waals surface area contributed by atoms with Gasteiger partial charge in [-0.2, -0.15) is 11.8 Å². The van der Waals surface area contributed by atoms with Crippen molar-refractivity contribution in [3.05, 3.63) is 29.8 Å². The Bertz CT molecular complexity index is 594. The third kappa shape index (κ3) is 2.50. The fraction of sp³-hybridized carbons (Fsp3) is 0.400. The molecule has 0 amide bonds. The number of aromatic nitrogens is 1. The van der Waals surface area contributed by atoms with E-state index >= 15 is 0 Å². The molecular weight excluding hydrogens is 256 g/mol. The number of hydrogen-bond acceptors (Lipinski definition) is 4. The van der Waals surface area contributed by atoms with E-state index in [9.17, 15) is 0 Å². The molecule has 0 unspecified atom stereocenters. The highest BCUT2D eigenvalue weighted by atomic mass is 32.2. The number of nitrogens with zero attached hydrogens (tertiary/aromatic N) is 2. The number of rotatable bonds is 2. The highest BCUT2D eigenvalue weighted by Gasteiger charge is 2.14. The molecule has 19 heavy (non-hydrogen) atoms. The van der Waals surface area contributed by atoms with E-state index in [1.807, 2.05) is 23.9 Å². The molecule has 4 heteroatoms. The van der Waals surface area contributed by atoms with Gasteiger partial charge in [-0.3, -0.25) is 0 Å². The number of fused-ring (bicyclic) bond motifs is 1. The molecule has 0 N–H and O–H groups in total. The van der Waals surface area contributed by atoms with Gasteiger partial charge in [0, 0.05) is 30.0 Å². The monoisotopic (exact) mass is 274 g/mol. The molecule has 1 aliphatic rings. The second-order valence-electron chi connectivity index (χ2n) is 4.78. The van der Waals surface area contributed by atoms with Crippen LogP contribution in [0.5, 0.6) is 5.75 Å². The lowest BCUT2D eigenvalue weighted by Gasteiger charge is -2.28. The average molecular weight is 274 g/mol. The van der Waals surface area contributed by atoms with Crippen molar-refractivity contribution in [2.75, 3.05) is 36.6 Å². The van der Waals surface area contributed by atoms with Crippen LogP contribution in [0.25, 0.3) is 10.9 Å². The molecule has 0 atom stereocenters. The van der Waals surface area contributed by atoms with E-state index < -0.39 is 0 Å². The van der Waals surface area contributed by atoms with Crippen LogP contribution in [-0.2, 0) is 0 Å². The zero-order valence-electron chi connectivity index (χ0n) is 11.3. The Morgan fingerprint density at radius 1 is 1.21 bits per heavy atom. The summed E-state index contributed by atoms with van der Waals surface area (Å²) in [4.78, 5) is 7.18. The highest BCUT2D eigenvalue weighted by Crippen LogP contribution is 2.27. The van der Waals surface area contributed by atoms with Crippen LogP contribution < -0.4 is 9.64 Å². The fourth-order valence-electron chi connectivity index (χ4n) is 2.44. The van der Waals surface area contributed by atoms with E-state index in [2.05, 4.69) is 24.0 Å². The van der Waals surface area contributed by atoms with E-state index in [4.69, 9.17) is 9.72 Å². The predicted molar refractivity (Wildman–Crippen MR) is 82.6 cm³/mol. The van der Waals surface area contributed by atoms with Crippen molar-refractivity contribution >= 4 is 28.5 Å². The highest BCUT2D eigenvalue weighted by molar-refractivity contribution is 7.99. The number of benzene rings is 1. The lowest BCUT2D eigenvalue weighted by molar-refractivity contribution is 0.415. The lowest BCUT2D eigenvalue weighted by atomic mass is 10.1. The molecule has 1 aromatic carbocycles. The van der Waals surface area contributed by atoms with Crippen molar-refractivity contribution in [1.82, 2.24) is 4.98 Å². The van der Waals surface area contributed by atoms with Crippen LogP contribution in [0.4, 0.5) is 5.82 Å². The van der Waals surface area contributed by atoms with Gasteiger partial charge in [0.25, 0.3) is 0 Å². The number of pyridine rings is 1. The summed E-state index contributed by atoms with van der Waals surface area (Å²) in [7, 11) is 1.70. The molecule has 100 valence electrons. The molecule has 1 aromatic heterocycles. The van der Waals surface area contributed by atoms with Gasteiger partial charge in [0.1, 0.15) is 11.6 Å². The molecule has 0 saturated carbocycles. The normalized spacial score (nSPS) is 15.8. The van der Waals surface area contributed by atoms with Gasteiger partial charge in [-0.15, -0.1) is 0 Å². The van der Waals surface area contributed by atoms with Gasteiger partial charge in [0.05, 0.1) is 12.6 Å². The van der Waals surface area contributed by atoms with Crippen molar-refractivity contribution in [1.29, 1.82) is 0 Å². The molecule has 2 heterocycles. The van der Waals surface area contributed by atoms with E-state index in [1.165, 1.54) is 22.5 Å². The van der Waals surface area contributed by atoms with Gasteiger partial charge in [-0.05, 0) is 36.8 Å². The average Bonchev–Trinajstić information content (AvgIpc) is 2.48. The van der Waals surface area contributed by atoms with Gasteiger partial charge < -0.3 is 9.64 Å². The molecule has 0 radical (unpaired) electrons. The minimum absolute atomic E-state index is 0.888. The van der Waals surface area contributed by atoms with Crippen LogP contribution in [-0.4, -0.2) is 36.7 Å². The van der Waals surface area contributed by atoms with Gasteiger partial charge >= 0.3 is 0 Å². The Labute approximate surface area is 118 Å². The summed E-state index contributed by atoms with van der Waals surface area (Å²) in [6.45, 7) is 4.34. The summed E-state index contributed by atoms with van der Waals surface area (Å²) in [5, 5.41) is 1.18. The number of aryl methyl sites for hydroxylation is 1. The summed E-state index contributed by atoms with van der Waals surface area (Å²) in [6.07, 6.45) is 0. The first-order chi connectivity index (χ1) is 9.28. The minimum atomic E-state index is 0.888. The van der Waals surface area contributed by atoms with E-state index in [0.717, 1.165) is 30.2 Å². The molecule has 1 aliphatic heterocycles. The summed E-state index contributed by atoms with van der Waals surface area (Å²) >= 11 is 2.02. The Hall–Kier alpha value is -1.42. The maximum Gasteiger partial charge on any atom is 0.129 e. The molecule has 0 bridgehead atoms.